The molecule has 0 rings (SSSR count). The van der Waals surface area contributed by atoms with Crippen LogP contribution in [0.3, 0.4) is 0 Å². The van der Waals surface area contributed by atoms with Crippen molar-refractivity contribution in [3.05, 3.63) is 0 Å². The van der Waals surface area contributed by atoms with Crippen molar-refractivity contribution in [3.8, 4) is 0 Å². The minimum atomic E-state index is -1.66. The first-order valence-corrected chi connectivity index (χ1v) is 11.5. The number of unbranched alkanes of at least 4 members (excludes halogenated alkanes) is 2. The number of rotatable bonds is 15. The summed E-state index contributed by atoms with van der Waals surface area (Å²) in [4.78, 5) is 71.7. The Bertz CT molecular complexity index is 713. The summed E-state index contributed by atoms with van der Waals surface area (Å²) in [6, 6.07) is -1.66. The highest BCUT2D eigenvalue weighted by atomic mass is 16.6. The number of hydrogen-bond donors (Lipinski definition) is 4. The van der Waals surface area contributed by atoms with Gasteiger partial charge < -0.3 is 35.5 Å². The van der Waals surface area contributed by atoms with Gasteiger partial charge in [-0.25, -0.2) is 14.4 Å². The van der Waals surface area contributed by atoms with Gasteiger partial charge in [-0.1, -0.05) is 26.7 Å². The summed E-state index contributed by atoms with van der Waals surface area (Å²) in [5, 5.41) is 8.92. The molecule has 0 atom stereocenters. The van der Waals surface area contributed by atoms with E-state index in [1.54, 1.807) is 20.8 Å². The molecule has 0 aromatic rings. The number of esters is 2. The molecule has 0 saturated carbocycles. The topological polar surface area (TPSA) is 178 Å². The third kappa shape index (κ3) is 16.8. The fraction of sp³-hybridized carbons (Fsp3) is 0.727. The molecule has 0 aliphatic carbocycles. The van der Waals surface area contributed by atoms with E-state index in [0.29, 0.717) is 12.8 Å². The van der Waals surface area contributed by atoms with E-state index in [4.69, 9.17) is 14.2 Å². The van der Waals surface area contributed by atoms with Crippen LogP contribution < -0.4 is 21.3 Å². The van der Waals surface area contributed by atoms with Crippen LogP contribution in [0.15, 0.2) is 0 Å². The number of alkyl carbamates (subject to hydrolysis) is 1. The Balaban J connectivity index is 4.53. The third-order valence-corrected chi connectivity index (χ3v) is 3.95. The number of carbonyl (C=O) groups excluding carboxylic acids is 6. The predicted octanol–water partition coefficient (Wildman–Crippen LogP) is -0.0851. The zero-order valence-electron chi connectivity index (χ0n) is 21.1. The smallest absolute Gasteiger partial charge is 0.408 e. The van der Waals surface area contributed by atoms with Crippen LogP contribution in [0.4, 0.5) is 4.79 Å². The van der Waals surface area contributed by atoms with E-state index in [0.717, 1.165) is 12.8 Å². The highest BCUT2D eigenvalue weighted by molar-refractivity contribution is 6.03. The lowest BCUT2D eigenvalue weighted by Crippen LogP contribution is -2.51. The van der Waals surface area contributed by atoms with Crippen LogP contribution >= 0.6 is 0 Å². The van der Waals surface area contributed by atoms with Gasteiger partial charge in [0.25, 0.3) is 0 Å². The van der Waals surface area contributed by atoms with Crippen LogP contribution in [0.5, 0.6) is 0 Å². The lowest BCUT2D eigenvalue weighted by Gasteiger charge is -2.19. The van der Waals surface area contributed by atoms with Gasteiger partial charge in [0.15, 0.2) is 0 Å². The van der Waals surface area contributed by atoms with E-state index in [2.05, 4.69) is 21.3 Å². The van der Waals surface area contributed by atoms with Crippen molar-refractivity contribution in [2.75, 3.05) is 32.8 Å². The first-order chi connectivity index (χ1) is 16.4. The van der Waals surface area contributed by atoms with E-state index in [9.17, 15) is 28.8 Å². The Hall–Kier alpha value is -3.38. The van der Waals surface area contributed by atoms with Crippen LogP contribution in [0.2, 0.25) is 0 Å². The molecule has 13 nitrogen and oxygen atoms in total. The van der Waals surface area contributed by atoms with Gasteiger partial charge >= 0.3 is 18.0 Å². The molecule has 0 spiro atoms. The fourth-order valence-corrected chi connectivity index (χ4v) is 2.18. The van der Waals surface area contributed by atoms with Gasteiger partial charge in [0.1, 0.15) is 12.1 Å². The maximum absolute atomic E-state index is 12.2. The van der Waals surface area contributed by atoms with Crippen molar-refractivity contribution in [3.63, 3.8) is 0 Å². The van der Waals surface area contributed by atoms with Crippen molar-refractivity contribution in [2.24, 2.45) is 0 Å². The van der Waals surface area contributed by atoms with Gasteiger partial charge in [-0.2, -0.15) is 0 Å². The van der Waals surface area contributed by atoms with E-state index in [-0.39, 0.29) is 13.2 Å². The summed E-state index contributed by atoms with van der Waals surface area (Å²) >= 11 is 0. The van der Waals surface area contributed by atoms with Crippen LogP contribution in [0.25, 0.3) is 0 Å². The summed E-state index contributed by atoms with van der Waals surface area (Å²) in [6.07, 6.45) is 1.93. The third-order valence-electron chi connectivity index (χ3n) is 3.95. The number of amides is 4. The maximum Gasteiger partial charge on any atom is 0.408 e. The maximum atomic E-state index is 12.2. The lowest BCUT2D eigenvalue weighted by atomic mass is 10.2. The van der Waals surface area contributed by atoms with Crippen LogP contribution in [0.1, 0.15) is 60.3 Å². The predicted molar refractivity (Wildman–Crippen MR) is 124 cm³/mol. The highest BCUT2D eigenvalue weighted by Crippen LogP contribution is 2.06. The van der Waals surface area contributed by atoms with Crippen molar-refractivity contribution >= 4 is 35.8 Å². The first kappa shape index (κ1) is 31.6. The molecule has 4 amide bonds. The van der Waals surface area contributed by atoms with Gasteiger partial charge in [0, 0.05) is 0 Å². The molecule has 200 valence electrons. The molecule has 0 radical (unpaired) electrons. The van der Waals surface area contributed by atoms with Crippen molar-refractivity contribution < 1.29 is 43.0 Å². The minimum Gasteiger partial charge on any atom is -0.464 e. The average molecular weight is 503 g/mol. The summed E-state index contributed by atoms with van der Waals surface area (Å²) in [5.41, 5.74) is -0.724. The van der Waals surface area contributed by atoms with E-state index >= 15 is 0 Å². The molecule has 35 heavy (non-hydrogen) atoms. The van der Waals surface area contributed by atoms with E-state index < -0.39 is 67.0 Å². The summed E-state index contributed by atoms with van der Waals surface area (Å²) in [5.74, 6) is -4.10. The molecule has 0 aliphatic rings. The Morgan fingerprint density at radius 3 is 1.54 bits per heavy atom. The molecule has 13 heteroatoms. The second-order valence-corrected chi connectivity index (χ2v) is 8.45. The zero-order chi connectivity index (χ0) is 26.9. The van der Waals surface area contributed by atoms with Gasteiger partial charge in [-0.15, -0.1) is 0 Å². The number of hydrogen-bond acceptors (Lipinski definition) is 9. The SMILES string of the molecule is CCCCOC(=O)C(NC(=O)CNC(=O)CNC(=O)CNC(=O)OC(C)(C)C)C(=O)OCCCC. The molecule has 0 aromatic carbocycles. The largest absolute Gasteiger partial charge is 0.464 e. The minimum absolute atomic E-state index is 0.0865. The Morgan fingerprint density at radius 2 is 1.11 bits per heavy atom. The van der Waals surface area contributed by atoms with Gasteiger partial charge in [0.05, 0.1) is 26.3 Å². The second-order valence-electron chi connectivity index (χ2n) is 8.45. The molecule has 0 unspecified atom stereocenters. The zero-order valence-corrected chi connectivity index (χ0v) is 21.1. The molecule has 0 fully saturated rings. The molecule has 0 bridgehead atoms. The first-order valence-electron chi connectivity index (χ1n) is 11.5. The normalized spacial score (nSPS) is 10.7. The van der Waals surface area contributed by atoms with Gasteiger partial charge in [-0.05, 0) is 33.6 Å². The summed E-state index contributed by atoms with van der Waals surface area (Å²) < 4.78 is 15.0. The molecule has 0 aliphatic heterocycles. The van der Waals surface area contributed by atoms with Crippen LogP contribution in [-0.2, 0) is 38.2 Å². The number of ether oxygens (including phenoxy) is 3. The molecule has 4 N–H and O–H groups in total. The number of nitrogens with one attached hydrogen (secondary N) is 4. The van der Waals surface area contributed by atoms with Crippen LogP contribution in [-0.4, -0.2) is 80.2 Å². The average Bonchev–Trinajstić information content (AvgIpc) is 2.77. The Kier molecular flexibility index (Phi) is 15.5. The molecule has 0 heterocycles. The Labute approximate surface area is 205 Å². The summed E-state index contributed by atoms with van der Waals surface area (Å²) in [7, 11) is 0. The lowest BCUT2D eigenvalue weighted by molar-refractivity contribution is -0.160. The van der Waals surface area contributed by atoms with Crippen LogP contribution in [0, 0.1) is 0 Å². The quantitative estimate of drug-likeness (QED) is 0.103. The molecule has 0 saturated heterocycles. The standard InChI is InChI=1S/C22H38N4O9/c1-6-8-10-33-19(30)18(20(31)34-11-9-7-2)26-17(29)14-24-15(27)12-23-16(28)13-25-21(32)35-22(3,4)5/h18H,6-14H2,1-5H3,(H,23,28)(H,24,27)(H,25,32)(H,26,29). The Morgan fingerprint density at radius 1 is 0.686 bits per heavy atom. The van der Waals surface area contributed by atoms with Gasteiger partial charge in [0.2, 0.25) is 23.8 Å². The van der Waals surface area contributed by atoms with E-state index in [1.165, 1.54) is 0 Å². The molecular formula is C22H38N4O9. The monoisotopic (exact) mass is 502 g/mol. The molecular weight excluding hydrogens is 464 g/mol. The fourth-order valence-electron chi connectivity index (χ4n) is 2.18. The summed E-state index contributed by atoms with van der Waals surface area (Å²) in [6.45, 7) is 7.52. The van der Waals surface area contributed by atoms with Crippen molar-refractivity contribution in [1.82, 2.24) is 21.3 Å². The van der Waals surface area contributed by atoms with Crippen molar-refractivity contribution in [2.45, 2.75) is 71.9 Å². The van der Waals surface area contributed by atoms with Crippen molar-refractivity contribution in [1.29, 1.82) is 0 Å². The van der Waals surface area contributed by atoms with E-state index in [1.807, 2.05) is 13.8 Å². The highest BCUT2D eigenvalue weighted by Gasteiger charge is 2.31. The molecule has 0 aromatic heterocycles. The van der Waals surface area contributed by atoms with Gasteiger partial charge in [-0.3, -0.25) is 14.4 Å². The number of carbonyl (C=O) groups is 6. The second kappa shape index (κ2) is 17.1.